The van der Waals surface area contributed by atoms with Gasteiger partial charge in [0.2, 0.25) is 0 Å². The van der Waals surface area contributed by atoms with E-state index in [-0.39, 0.29) is 0 Å². The Morgan fingerprint density at radius 3 is 3.00 bits per heavy atom. The van der Waals surface area contributed by atoms with Crippen LogP contribution in [0.1, 0.15) is 5.56 Å². The largest absolute Gasteiger partial charge is 0.392 e. The molecule has 0 saturated carbocycles. The lowest BCUT2D eigenvalue weighted by atomic mass is 10.1. The molecule has 2 rings (SSSR count). The summed E-state index contributed by atoms with van der Waals surface area (Å²) >= 11 is 6.88. The van der Waals surface area contributed by atoms with E-state index >= 15 is 0 Å². The molecular formula is C12H16N2S2. The van der Waals surface area contributed by atoms with Gasteiger partial charge in [-0.05, 0) is 25.1 Å². The highest BCUT2D eigenvalue weighted by Gasteiger charge is 2.22. The second kappa shape index (κ2) is 5.17. The van der Waals surface area contributed by atoms with Gasteiger partial charge in [0.05, 0.1) is 4.99 Å². The van der Waals surface area contributed by atoms with Crippen LogP contribution in [0.5, 0.6) is 0 Å². The summed E-state index contributed by atoms with van der Waals surface area (Å²) in [6, 6.07) is 8.64. The number of benzene rings is 1. The zero-order valence-electron chi connectivity index (χ0n) is 9.35. The fourth-order valence-electron chi connectivity index (χ4n) is 2.03. The van der Waals surface area contributed by atoms with Gasteiger partial charge in [-0.3, -0.25) is 4.90 Å². The maximum Gasteiger partial charge on any atom is 0.0869 e. The van der Waals surface area contributed by atoms with Crippen molar-refractivity contribution in [2.45, 2.75) is 16.6 Å². The molecule has 0 fully saturated rings. The van der Waals surface area contributed by atoms with Gasteiger partial charge in [0, 0.05) is 23.2 Å². The van der Waals surface area contributed by atoms with Gasteiger partial charge in [0.25, 0.3) is 0 Å². The maximum absolute atomic E-state index is 5.53. The van der Waals surface area contributed by atoms with Gasteiger partial charge in [0.15, 0.2) is 0 Å². The smallest absolute Gasteiger partial charge is 0.0869 e. The predicted octanol–water partition coefficient (Wildman–Crippen LogP) is 1.92. The number of hydrogen-bond acceptors (Lipinski definition) is 3. The molecule has 2 nitrogen and oxygen atoms in total. The SMILES string of the molecule is CN(CC(N)=S)CC1Cc2ccccc2S1. The molecule has 1 atom stereocenters. The fraction of sp³-hybridized carbons (Fsp3) is 0.417. The van der Waals surface area contributed by atoms with Gasteiger partial charge >= 0.3 is 0 Å². The standard InChI is InChI=1S/C12H16N2S2/c1-14(8-12(13)15)7-10-6-9-4-2-3-5-11(9)16-10/h2-5,10H,6-8H2,1H3,(H2,13,15). The summed E-state index contributed by atoms with van der Waals surface area (Å²) in [5.74, 6) is 0. The molecule has 1 aromatic rings. The minimum absolute atomic E-state index is 0.572. The Morgan fingerprint density at radius 1 is 1.56 bits per heavy atom. The third kappa shape index (κ3) is 2.97. The van der Waals surface area contributed by atoms with Crippen LogP contribution in [-0.4, -0.2) is 35.3 Å². The molecule has 4 heteroatoms. The summed E-state index contributed by atoms with van der Waals surface area (Å²) in [6.45, 7) is 1.75. The van der Waals surface area contributed by atoms with Crippen molar-refractivity contribution >= 4 is 29.0 Å². The highest BCUT2D eigenvalue weighted by Crippen LogP contribution is 2.36. The Morgan fingerprint density at radius 2 is 2.31 bits per heavy atom. The molecule has 0 radical (unpaired) electrons. The number of thioether (sulfide) groups is 1. The van der Waals surface area contributed by atoms with Crippen LogP contribution in [0.15, 0.2) is 29.2 Å². The lowest BCUT2D eigenvalue weighted by Gasteiger charge is -2.19. The van der Waals surface area contributed by atoms with Gasteiger partial charge in [-0.1, -0.05) is 30.4 Å². The summed E-state index contributed by atoms with van der Waals surface area (Å²) in [5, 5.41) is 0.636. The molecule has 0 bridgehead atoms. The minimum atomic E-state index is 0.572. The third-order valence-corrected chi connectivity index (χ3v) is 4.09. The van der Waals surface area contributed by atoms with Crippen LogP contribution < -0.4 is 5.73 Å². The van der Waals surface area contributed by atoms with Gasteiger partial charge in [-0.2, -0.15) is 0 Å². The summed E-state index contributed by atoms with van der Waals surface area (Å²) in [5.41, 5.74) is 7.01. The van der Waals surface area contributed by atoms with E-state index in [1.165, 1.54) is 10.5 Å². The summed E-state index contributed by atoms with van der Waals surface area (Å²) in [4.78, 5) is 4.20. The molecule has 0 aliphatic carbocycles. The van der Waals surface area contributed by atoms with E-state index < -0.39 is 0 Å². The predicted molar refractivity (Wildman–Crippen MR) is 74.1 cm³/mol. The average Bonchev–Trinajstić information content (AvgIpc) is 2.57. The first kappa shape index (κ1) is 11.9. The minimum Gasteiger partial charge on any atom is -0.392 e. The molecule has 1 aromatic carbocycles. The molecular weight excluding hydrogens is 236 g/mol. The van der Waals surface area contributed by atoms with Crippen LogP contribution >= 0.6 is 24.0 Å². The van der Waals surface area contributed by atoms with Crippen molar-refractivity contribution in [3.8, 4) is 0 Å². The zero-order valence-corrected chi connectivity index (χ0v) is 11.0. The molecule has 16 heavy (non-hydrogen) atoms. The second-order valence-corrected chi connectivity index (χ2v) is 6.08. The lowest BCUT2D eigenvalue weighted by molar-refractivity contribution is 0.381. The molecule has 2 N–H and O–H groups in total. The van der Waals surface area contributed by atoms with E-state index in [0.717, 1.165) is 13.0 Å². The van der Waals surface area contributed by atoms with Crippen LogP contribution in [0.25, 0.3) is 0 Å². The maximum atomic E-state index is 5.53. The van der Waals surface area contributed by atoms with E-state index in [1.54, 1.807) is 0 Å². The fourth-order valence-corrected chi connectivity index (χ4v) is 3.67. The van der Waals surface area contributed by atoms with E-state index in [4.69, 9.17) is 18.0 Å². The second-order valence-electron chi connectivity index (χ2n) is 4.21. The molecule has 0 aromatic heterocycles. The highest BCUT2D eigenvalue weighted by molar-refractivity contribution is 8.00. The first-order chi connectivity index (χ1) is 7.65. The van der Waals surface area contributed by atoms with Gasteiger partial charge in [-0.15, -0.1) is 11.8 Å². The Labute approximate surface area is 106 Å². The normalized spacial score (nSPS) is 18.8. The van der Waals surface area contributed by atoms with E-state index in [0.29, 0.717) is 16.8 Å². The molecule has 1 aliphatic heterocycles. The van der Waals surface area contributed by atoms with Crippen LogP contribution in [-0.2, 0) is 6.42 Å². The van der Waals surface area contributed by atoms with Crippen LogP contribution in [0.4, 0.5) is 0 Å². The quantitative estimate of drug-likeness (QED) is 0.829. The van der Waals surface area contributed by atoms with Crippen molar-refractivity contribution in [1.29, 1.82) is 0 Å². The van der Waals surface area contributed by atoms with Crippen LogP contribution in [0.3, 0.4) is 0 Å². The summed E-state index contributed by atoms with van der Waals surface area (Å²) < 4.78 is 0. The van der Waals surface area contributed by atoms with Crippen molar-refractivity contribution in [2.24, 2.45) is 5.73 Å². The van der Waals surface area contributed by atoms with Crippen LogP contribution in [0.2, 0.25) is 0 Å². The highest BCUT2D eigenvalue weighted by atomic mass is 32.2. The van der Waals surface area contributed by atoms with E-state index in [9.17, 15) is 0 Å². The molecule has 0 spiro atoms. The Bertz CT molecular complexity index is 367. The van der Waals surface area contributed by atoms with Gasteiger partial charge in [0.1, 0.15) is 0 Å². The molecule has 1 unspecified atom stereocenters. The van der Waals surface area contributed by atoms with E-state index in [2.05, 4.69) is 36.2 Å². The monoisotopic (exact) mass is 252 g/mol. The number of fused-ring (bicyclic) bond motifs is 1. The number of nitrogens with two attached hydrogens (primary N) is 1. The van der Waals surface area contributed by atoms with Crippen molar-refractivity contribution in [1.82, 2.24) is 4.90 Å². The molecule has 1 heterocycles. The first-order valence-corrected chi connectivity index (χ1v) is 6.65. The van der Waals surface area contributed by atoms with Gasteiger partial charge in [-0.25, -0.2) is 0 Å². The Balaban J connectivity index is 1.89. The molecule has 86 valence electrons. The van der Waals surface area contributed by atoms with Crippen molar-refractivity contribution < 1.29 is 0 Å². The molecule has 1 aliphatic rings. The molecule has 0 amide bonds. The number of nitrogens with zero attached hydrogens (tertiary/aromatic N) is 1. The third-order valence-electron chi connectivity index (χ3n) is 2.65. The first-order valence-electron chi connectivity index (χ1n) is 5.36. The number of thiocarbonyl (C=S) groups is 1. The van der Waals surface area contributed by atoms with Gasteiger partial charge < -0.3 is 5.73 Å². The number of hydrogen-bond donors (Lipinski definition) is 1. The lowest BCUT2D eigenvalue weighted by Crippen LogP contribution is -2.34. The topological polar surface area (TPSA) is 29.3 Å². The number of rotatable bonds is 4. The van der Waals surface area contributed by atoms with Crippen molar-refractivity contribution in [3.05, 3.63) is 29.8 Å². The van der Waals surface area contributed by atoms with Crippen molar-refractivity contribution in [3.63, 3.8) is 0 Å². The Kier molecular flexibility index (Phi) is 3.84. The summed E-state index contributed by atoms with van der Waals surface area (Å²) in [7, 11) is 2.07. The molecule has 0 saturated heterocycles. The zero-order chi connectivity index (χ0) is 11.5. The van der Waals surface area contributed by atoms with Crippen LogP contribution in [0, 0.1) is 0 Å². The Hall–Kier alpha value is -0.580. The summed E-state index contributed by atoms with van der Waals surface area (Å²) in [6.07, 6.45) is 1.16. The average molecular weight is 252 g/mol. The van der Waals surface area contributed by atoms with Crippen molar-refractivity contribution in [2.75, 3.05) is 20.1 Å². The van der Waals surface area contributed by atoms with E-state index in [1.807, 2.05) is 11.8 Å². The number of likely N-dealkylation sites (N-methyl/N-ethyl adjacent to an activating group) is 1.